The molecule has 0 aromatic heterocycles. The van der Waals surface area contributed by atoms with Crippen LogP contribution in [0.4, 0.5) is 11.4 Å². The van der Waals surface area contributed by atoms with Crippen molar-refractivity contribution in [2.24, 2.45) is 0 Å². The van der Waals surface area contributed by atoms with Gasteiger partial charge in [-0.1, -0.05) is 29.8 Å². The summed E-state index contributed by atoms with van der Waals surface area (Å²) in [4.78, 5) is 22.2. The van der Waals surface area contributed by atoms with Gasteiger partial charge in [0, 0.05) is 18.2 Å². The van der Waals surface area contributed by atoms with Gasteiger partial charge in [-0.25, -0.2) is 8.42 Å². The summed E-state index contributed by atoms with van der Waals surface area (Å²) >= 11 is 5.68. The van der Waals surface area contributed by atoms with Gasteiger partial charge in [0.05, 0.1) is 15.6 Å². The van der Waals surface area contributed by atoms with E-state index in [1.165, 1.54) is 24.3 Å². The average molecular weight is 369 g/mol. The van der Waals surface area contributed by atoms with Gasteiger partial charge < -0.3 is 5.32 Å². The first-order valence-corrected chi connectivity index (χ1v) is 8.84. The van der Waals surface area contributed by atoms with Gasteiger partial charge in [-0.3, -0.25) is 14.9 Å². The van der Waals surface area contributed by atoms with Crippen LogP contribution in [0.15, 0.2) is 53.4 Å². The van der Waals surface area contributed by atoms with Gasteiger partial charge in [-0.15, -0.1) is 0 Å². The maximum atomic E-state index is 12.1. The first-order chi connectivity index (χ1) is 11.3. The molecule has 1 amide bonds. The van der Waals surface area contributed by atoms with Gasteiger partial charge in [0.25, 0.3) is 5.69 Å². The van der Waals surface area contributed by atoms with E-state index >= 15 is 0 Å². The second-order valence-corrected chi connectivity index (χ2v) is 7.37. The van der Waals surface area contributed by atoms with Crippen molar-refractivity contribution >= 4 is 38.7 Å². The van der Waals surface area contributed by atoms with Crippen LogP contribution >= 0.6 is 11.6 Å². The molecule has 126 valence electrons. The lowest BCUT2D eigenvalue weighted by Crippen LogP contribution is -2.17. The molecule has 2 rings (SSSR count). The number of nitrogens with zero attached hydrogens (tertiary/aromatic N) is 1. The summed E-state index contributed by atoms with van der Waals surface area (Å²) < 4.78 is 24.2. The summed E-state index contributed by atoms with van der Waals surface area (Å²) in [6, 6.07) is 11.6. The fourth-order valence-corrected chi connectivity index (χ4v) is 3.37. The van der Waals surface area contributed by atoms with Crippen molar-refractivity contribution in [2.75, 3.05) is 11.1 Å². The lowest BCUT2D eigenvalue weighted by atomic mass is 10.2. The number of halogens is 1. The number of anilines is 1. The van der Waals surface area contributed by atoms with Gasteiger partial charge >= 0.3 is 0 Å². The molecule has 7 nitrogen and oxygen atoms in total. The summed E-state index contributed by atoms with van der Waals surface area (Å²) in [7, 11) is -3.57. The highest BCUT2D eigenvalue weighted by molar-refractivity contribution is 7.91. The maximum absolute atomic E-state index is 12.1. The maximum Gasteiger partial charge on any atom is 0.289 e. The molecule has 0 fully saturated rings. The third-order valence-electron chi connectivity index (χ3n) is 3.13. The molecule has 0 bridgehead atoms. The summed E-state index contributed by atoms with van der Waals surface area (Å²) in [5, 5.41) is 13.2. The van der Waals surface area contributed by atoms with Crippen molar-refractivity contribution in [1.82, 2.24) is 0 Å². The quantitative estimate of drug-likeness (QED) is 0.623. The molecule has 0 heterocycles. The van der Waals surface area contributed by atoms with Crippen molar-refractivity contribution < 1.29 is 18.1 Å². The summed E-state index contributed by atoms with van der Waals surface area (Å²) in [6.07, 6.45) is -0.270. The van der Waals surface area contributed by atoms with Gasteiger partial charge in [-0.2, -0.15) is 0 Å². The summed E-state index contributed by atoms with van der Waals surface area (Å²) in [6.45, 7) is 0. The molecular weight excluding hydrogens is 356 g/mol. The Hall–Kier alpha value is -2.45. The standard InChI is InChI=1S/C15H13ClN2O5S/c16-13-7-6-11(10-14(13)18(20)21)17-15(19)8-9-24(22,23)12-4-2-1-3-5-12/h1-7,10H,8-9H2,(H,17,19). The smallest absolute Gasteiger partial charge is 0.289 e. The lowest BCUT2D eigenvalue weighted by Gasteiger charge is -2.07. The Bertz CT molecular complexity index is 869. The topological polar surface area (TPSA) is 106 Å². The number of nitrogens with one attached hydrogen (secondary N) is 1. The molecular formula is C15H13ClN2O5S. The predicted octanol–water partition coefficient (Wildman–Crippen LogP) is 3.05. The Kier molecular flexibility index (Phi) is 5.53. The first-order valence-electron chi connectivity index (χ1n) is 6.81. The van der Waals surface area contributed by atoms with Crippen molar-refractivity contribution in [3.8, 4) is 0 Å². The lowest BCUT2D eigenvalue weighted by molar-refractivity contribution is -0.384. The molecule has 2 aromatic carbocycles. The second-order valence-electron chi connectivity index (χ2n) is 4.85. The number of amides is 1. The van der Waals surface area contributed by atoms with Crippen LogP contribution in [0.1, 0.15) is 6.42 Å². The van der Waals surface area contributed by atoms with Gasteiger partial charge in [0.15, 0.2) is 9.84 Å². The van der Waals surface area contributed by atoms with Crippen molar-refractivity contribution in [3.05, 3.63) is 63.7 Å². The monoisotopic (exact) mass is 368 g/mol. The van der Waals surface area contributed by atoms with E-state index in [4.69, 9.17) is 11.6 Å². The van der Waals surface area contributed by atoms with Crippen LogP contribution in [0, 0.1) is 10.1 Å². The van der Waals surface area contributed by atoms with Gasteiger partial charge in [0.1, 0.15) is 5.02 Å². The number of carbonyl (C=O) groups is 1. The largest absolute Gasteiger partial charge is 0.326 e. The van der Waals surface area contributed by atoms with Crippen molar-refractivity contribution in [1.29, 1.82) is 0 Å². The molecule has 0 unspecified atom stereocenters. The second kappa shape index (κ2) is 7.41. The van der Waals surface area contributed by atoms with Crippen molar-refractivity contribution in [2.45, 2.75) is 11.3 Å². The van der Waals surface area contributed by atoms with Crippen LogP contribution in [-0.2, 0) is 14.6 Å². The molecule has 0 aliphatic heterocycles. The minimum Gasteiger partial charge on any atom is -0.326 e. The molecule has 24 heavy (non-hydrogen) atoms. The van der Waals surface area contributed by atoms with Crippen LogP contribution in [-0.4, -0.2) is 25.0 Å². The van der Waals surface area contributed by atoms with Crippen LogP contribution < -0.4 is 5.32 Å². The van der Waals surface area contributed by atoms with Crippen LogP contribution in [0.3, 0.4) is 0 Å². The minimum atomic E-state index is -3.57. The number of nitro benzene ring substituents is 1. The van der Waals surface area contributed by atoms with Crippen molar-refractivity contribution in [3.63, 3.8) is 0 Å². The molecule has 9 heteroatoms. The Balaban J connectivity index is 2.02. The summed E-state index contributed by atoms with van der Waals surface area (Å²) in [5.41, 5.74) is -0.167. The molecule has 1 N–H and O–H groups in total. The van der Waals surface area contributed by atoms with E-state index < -0.39 is 20.7 Å². The fourth-order valence-electron chi connectivity index (χ4n) is 1.93. The van der Waals surface area contributed by atoms with E-state index in [-0.39, 0.29) is 33.5 Å². The molecule has 0 saturated carbocycles. The van der Waals surface area contributed by atoms with Gasteiger partial charge in [-0.05, 0) is 24.3 Å². The van der Waals surface area contributed by atoms with E-state index in [9.17, 15) is 23.3 Å². The van der Waals surface area contributed by atoms with Crippen LogP contribution in [0.25, 0.3) is 0 Å². The normalized spacial score (nSPS) is 11.0. The average Bonchev–Trinajstić information content (AvgIpc) is 2.55. The van der Waals surface area contributed by atoms with Crippen LogP contribution in [0.2, 0.25) is 5.02 Å². The highest BCUT2D eigenvalue weighted by Crippen LogP contribution is 2.27. The Morgan fingerprint density at radius 1 is 1.17 bits per heavy atom. The minimum absolute atomic E-state index is 0.0512. The number of rotatable bonds is 6. The van der Waals surface area contributed by atoms with Crippen LogP contribution in [0.5, 0.6) is 0 Å². The zero-order valence-electron chi connectivity index (χ0n) is 12.3. The molecule has 0 aliphatic rings. The zero-order valence-corrected chi connectivity index (χ0v) is 13.9. The van der Waals surface area contributed by atoms with E-state index in [1.54, 1.807) is 18.2 Å². The van der Waals surface area contributed by atoms with E-state index in [0.717, 1.165) is 6.07 Å². The zero-order chi connectivity index (χ0) is 17.7. The number of sulfone groups is 1. The molecule has 0 saturated heterocycles. The Morgan fingerprint density at radius 2 is 1.83 bits per heavy atom. The predicted molar refractivity (Wildman–Crippen MR) is 89.8 cm³/mol. The highest BCUT2D eigenvalue weighted by atomic mass is 35.5. The fraction of sp³-hybridized carbons (Fsp3) is 0.133. The van der Waals surface area contributed by atoms with E-state index in [0.29, 0.717) is 0 Å². The SMILES string of the molecule is O=C(CCS(=O)(=O)c1ccccc1)Nc1ccc(Cl)c([N+](=O)[O-])c1. The molecule has 0 radical (unpaired) electrons. The third-order valence-corrected chi connectivity index (χ3v) is 5.18. The Morgan fingerprint density at radius 3 is 2.46 bits per heavy atom. The molecule has 2 aromatic rings. The Labute approximate surface area is 143 Å². The third kappa shape index (κ3) is 4.53. The number of benzene rings is 2. The number of nitro groups is 1. The number of hydrogen-bond acceptors (Lipinski definition) is 5. The molecule has 0 atom stereocenters. The number of carbonyl (C=O) groups excluding carboxylic acids is 1. The molecule has 0 spiro atoms. The highest BCUT2D eigenvalue weighted by Gasteiger charge is 2.17. The van der Waals surface area contributed by atoms with E-state index in [1.807, 2.05) is 0 Å². The van der Waals surface area contributed by atoms with Gasteiger partial charge in [0.2, 0.25) is 5.91 Å². The summed E-state index contributed by atoms with van der Waals surface area (Å²) in [5.74, 6) is -0.926. The van der Waals surface area contributed by atoms with E-state index in [2.05, 4.69) is 5.32 Å². The number of hydrogen-bond donors (Lipinski definition) is 1. The first kappa shape index (κ1) is 17.9. The molecule has 0 aliphatic carbocycles.